The minimum absolute atomic E-state index is 0.185. The number of nitrogens with zero attached hydrogens (tertiary/aromatic N) is 3. The van der Waals surface area contributed by atoms with Gasteiger partial charge in [-0.05, 0) is 36.9 Å². The number of pyridine rings is 1. The molecule has 2 heterocycles. The van der Waals surface area contributed by atoms with E-state index in [1.54, 1.807) is 30.1 Å². The van der Waals surface area contributed by atoms with Crippen LogP contribution in [0.1, 0.15) is 23.1 Å². The first-order chi connectivity index (χ1) is 11.7. The lowest BCUT2D eigenvalue weighted by molar-refractivity contribution is 0.102. The third-order valence-electron chi connectivity index (χ3n) is 3.30. The number of hydrogen-bond acceptors (Lipinski definition) is 5. The SMILES string of the molecule is CCSc1cc(C(=O)Nc2ccccc2-c2n[nH]c(C)n2)ccn1. The third-order valence-corrected chi connectivity index (χ3v) is 4.11. The Labute approximate surface area is 144 Å². The van der Waals surface area contributed by atoms with Gasteiger partial charge in [0.1, 0.15) is 5.82 Å². The molecule has 2 aromatic heterocycles. The Bertz CT molecular complexity index is 861. The van der Waals surface area contributed by atoms with E-state index in [-0.39, 0.29) is 5.91 Å². The van der Waals surface area contributed by atoms with Gasteiger partial charge in [-0.3, -0.25) is 9.89 Å². The van der Waals surface area contributed by atoms with Crippen LogP contribution in [0.2, 0.25) is 0 Å². The second-order valence-corrected chi connectivity index (χ2v) is 6.34. The maximum absolute atomic E-state index is 12.6. The van der Waals surface area contributed by atoms with E-state index in [1.807, 2.05) is 38.1 Å². The van der Waals surface area contributed by atoms with Gasteiger partial charge in [-0.25, -0.2) is 9.97 Å². The predicted molar refractivity (Wildman–Crippen MR) is 95.1 cm³/mol. The van der Waals surface area contributed by atoms with Crippen LogP contribution < -0.4 is 5.32 Å². The zero-order valence-electron chi connectivity index (χ0n) is 13.4. The van der Waals surface area contributed by atoms with Crippen LogP contribution in [-0.4, -0.2) is 31.8 Å². The number of H-pyrrole nitrogens is 1. The number of amides is 1. The van der Waals surface area contributed by atoms with E-state index in [1.165, 1.54) is 0 Å². The van der Waals surface area contributed by atoms with Gasteiger partial charge in [0, 0.05) is 17.3 Å². The summed E-state index contributed by atoms with van der Waals surface area (Å²) in [6.07, 6.45) is 1.65. The largest absolute Gasteiger partial charge is 0.321 e. The molecule has 7 heteroatoms. The lowest BCUT2D eigenvalue weighted by atomic mass is 10.1. The van der Waals surface area contributed by atoms with Crippen molar-refractivity contribution in [2.45, 2.75) is 18.9 Å². The summed E-state index contributed by atoms with van der Waals surface area (Å²) in [5.74, 6) is 2.00. The van der Waals surface area contributed by atoms with Crippen LogP contribution in [0.3, 0.4) is 0 Å². The monoisotopic (exact) mass is 339 g/mol. The summed E-state index contributed by atoms with van der Waals surface area (Å²) in [6, 6.07) is 11.0. The van der Waals surface area contributed by atoms with Gasteiger partial charge in [0.25, 0.3) is 5.91 Å². The minimum Gasteiger partial charge on any atom is -0.321 e. The summed E-state index contributed by atoms with van der Waals surface area (Å²) in [5.41, 5.74) is 2.01. The number of nitrogens with one attached hydrogen (secondary N) is 2. The highest BCUT2D eigenvalue weighted by atomic mass is 32.2. The van der Waals surface area contributed by atoms with Crippen LogP contribution >= 0.6 is 11.8 Å². The highest BCUT2D eigenvalue weighted by Gasteiger charge is 2.13. The molecule has 1 amide bonds. The van der Waals surface area contributed by atoms with Gasteiger partial charge in [0.2, 0.25) is 0 Å². The Morgan fingerprint density at radius 2 is 2.12 bits per heavy atom. The lowest BCUT2D eigenvalue weighted by Crippen LogP contribution is -2.13. The van der Waals surface area contributed by atoms with Crippen molar-refractivity contribution in [2.75, 3.05) is 11.1 Å². The van der Waals surface area contributed by atoms with Crippen LogP contribution in [0.5, 0.6) is 0 Å². The first-order valence-corrected chi connectivity index (χ1v) is 8.54. The fourth-order valence-corrected chi connectivity index (χ4v) is 2.86. The molecule has 1 aromatic carbocycles. The molecule has 0 saturated carbocycles. The lowest BCUT2D eigenvalue weighted by Gasteiger charge is -2.09. The van der Waals surface area contributed by atoms with Gasteiger partial charge in [0.15, 0.2) is 5.82 Å². The van der Waals surface area contributed by atoms with Crippen LogP contribution in [0.4, 0.5) is 5.69 Å². The molecule has 0 aliphatic rings. The number of aryl methyl sites for hydroxylation is 1. The Morgan fingerprint density at radius 1 is 1.29 bits per heavy atom. The van der Waals surface area contributed by atoms with Crippen LogP contribution in [0.25, 0.3) is 11.4 Å². The molecule has 0 aliphatic carbocycles. The Balaban J connectivity index is 1.86. The van der Waals surface area contributed by atoms with Gasteiger partial charge in [-0.15, -0.1) is 11.8 Å². The first kappa shape index (κ1) is 16.2. The Kier molecular flexibility index (Phi) is 4.90. The zero-order chi connectivity index (χ0) is 16.9. The average molecular weight is 339 g/mol. The van der Waals surface area contributed by atoms with E-state index in [2.05, 4.69) is 25.5 Å². The zero-order valence-corrected chi connectivity index (χ0v) is 14.2. The maximum Gasteiger partial charge on any atom is 0.255 e. The topological polar surface area (TPSA) is 83.6 Å². The molecule has 0 unspecified atom stereocenters. The van der Waals surface area contributed by atoms with Crippen molar-refractivity contribution in [3.8, 4) is 11.4 Å². The van der Waals surface area contributed by atoms with Gasteiger partial charge in [-0.1, -0.05) is 19.1 Å². The van der Waals surface area contributed by atoms with Crippen molar-refractivity contribution in [1.29, 1.82) is 0 Å². The number of carbonyl (C=O) groups is 1. The number of carbonyl (C=O) groups excluding carboxylic acids is 1. The number of anilines is 1. The third kappa shape index (κ3) is 3.62. The van der Waals surface area contributed by atoms with Crippen molar-refractivity contribution in [3.05, 3.63) is 54.0 Å². The molecule has 0 spiro atoms. The number of aromatic nitrogens is 4. The van der Waals surface area contributed by atoms with Crippen molar-refractivity contribution in [2.24, 2.45) is 0 Å². The number of hydrogen-bond donors (Lipinski definition) is 2. The van der Waals surface area contributed by atoms with E-state index in [9.17, 15) is 4.79 Å². The van der Waals surface area contributed by atoms with E-state index in [0.29, 0.717) is 17.1 Å². The standard InChI is InChI=1S/C17H17N5OS/c1-3-24-15-10-12(8-9-18-15)17(23)20-14-7-5-4-6-13(14)16-19-11(2)21-22-16/h4-10H,3H2,1-2H3,(H,20,23)(H,19,21,22). The smallest absolute Gasteiger partial charge is 0.255 e. The van der Waals surface area contributed by atoms with Gasteiger partial charge >= 0.3 is 0 Å². The number of aromatic amines is 1. The minimum atomic E-state index is -0.185. The summed E-state index contributed by atoms with van der Waals surface area (Å²) < 4.78 is 0. The number of para-hydroxylation sites is 1. The van der Waals surface area contributed by atoms with Crippen LogP contribution in [-0.2, 0) is 0 Å². The number of benzene rings is 1. The van der Waals surface area contributed by atoms with Crippen molar-refractivity contribution < 1.29 is 4.79 Å². The van der Waals surface area contributed by atoms with Gasteiger partial charge < -0.3 is 5.32 Å². The number of thioether (sulfide) groups is 1. The molecular weight excluding hydrogens is 322 g/mol. The molecular formula is C17H17N5OS. The van der Waals surface area contributed by atoms with Crippen molar-refractivity contribution in [3.63, 3.8) is 0 Å². The molecule has 0 radical (unpaired) electrons. The fourth-order valence-electron chi connectivity index (χ4n) is 2.22. The predicted octanol–water partition coefficient (Wildman–Crippen LogP) is 3.54. The van der Waals surface area contributed by atoms with E-state index in [4.69, 9.17) is 0 Å². The second kappa shape index (κ2) is 7.27. The van der Waals surface area contributed by atoms with Crippen molar-refractivity contribution >= 4 is 23.4 Å². The summed E-state index contributed by atoms with van der Waals surface area (Å²) in [5, 5.41) is 10.8. The highest BCUT2D eigenvalue weighted by molar-refractivity contribution is 7.99. The van der Waals surface area contributed by atoms with E-state index >= 15 is 0 Å². The molecule has 0 bridgehead atoms. The summed E-state index contributed by atoms with van der Waals surface area (Å²) in [7, 11) is 0. The second-order valence-electron chi connectivity index (χ2n) is 5.06. The molecule has 3 aromatic rings. The summed E-state index contributed by atoms with van der Waals surface area (Å²) in [6.45, 7) is 3.88. The molecule has 122 valence electrons. The summed E-state index contributed by atoms with van der Waals surface area (Å²) in [4.78, 5) is 21.1. The first-order valence-electron chi connectivity index (χ1n) is 7.56. The van der Waals surface area contributed by atoms with Gasteiger partial charge in [0.05, 0.1) is 10.7 Å². The quantitative estimate of drug-likeness (QED) is 0.695. The van der Waals surface area contributed by atoms with Crippen molar-refractivity contribution in [1.82, 2.24) is 20.2 Å². The van der Waals surface area contributed by atoms with Crippen LogP contribution in [0.15, 0.2) is 47.6 Å². The van der Waals surface area contributed by atoms with Gasteiger partial charge in [-0.2, -0.15) is 5.10 Å². The molecule has 6 nitrogen and oxygen atoms in total. The van der Waals surface area contributed by atoms with E-state index in [0.717, 1.165) is 22.2 Å². The number of rotatable bonds is 5. The molecule has 0 atom stereocenters. The molecule has 24 heavy (non-hydrogen) atoms. The Hall–Kier alpha value is -2.67. The van der Waals surface area contributed by atoms with E-state index < -0.39 is 0 Å². The average Bonchev–Trinajstić information content (AvgIpc) is 3.02. The molecule has 0 aliphatic heterocycles. The maximum atomic E-state index is 12.6. The van der Waals surface area contributed by atoms with Crippen LogP contribution in [0, 0.1) is 6.92 Å². The molecule has 3 rings (SSSR count). The Morgan fingerprint density at radius 3 is 2.88 bits per heavy atom. The molecule has 2 N–H and O–H groups in total. The highest BCUT2D eigenvalue weighted by Crippen LogP contribution is 2.25. The summed E-state index contributed by atoms with van der Waals surface area (Å²) >= 11 is 1.60. The molecule has 0 saturated heterocycles. The molecule has 0 fully saturated rings. The fraction of sp³-hybridized carbons (Fsp3) is 0.176. The normalized spacial score (nSPS) is 10.6.